The van der Waals surface area contributed by atoms with Gasteiger partial charge in [0.05, 0.1) is 11.7 Å². The number of rotatable bonds is 4. The van der Waals surface area contributed by atoms with E-state index in [1.165, 1.54) is 70.3 Å². The van der Waals surface area contributed by atoms with Crippen molar-refractivity contribution < 1.29 is 4.74 Å². The zero-order chi connectivity index (χ0) is 22.9. The van der Waals surface area contributed by atoms with Crippen molar-refractivity contribution in [1.29, 1.82) is 0 Å². The van der Waals surface area contributed by atoms with Crippen molar-refractivity contribution >= 4 is 18.4 Å². The van der Waals surface area contributed by atoms with Gasteiger partial charge >= 0.3 is 0 Å². The fourth-order valence-electron chi connectivity index (χ4n) is 7.47. The second-order valence-corrected chi connectivity index (χ2v) is 16.8. The molecule has 1 aliphatic heterocycles. The van der Waals surface area contributed by atoms with Crippen LogP contribution in [0.3, 0.4) is 0 Å². The van der Waals surface area contributed by atoms with Crippen LogP contribution >= 0.6 is 0 Å². The Kier molecular flexibility index (Phi) is 6.44. The van der Waals surface area contributed by atoms with Gasteiger partial charge in [-0.2, -0.15) is 0 Å². The van der Waals surface area contributed by atoms with E-state index in [0.29, 0.717) is 6.10 Å². The van der Waals surface area contributed by atoms with E-state index in [1.807, 2.05) is 0 Å². The first-order valence-electron chi connectivity index (χ1n) is 13.4. The van der Waals surface area contributed by atoms with E-state index < -0.39 is 8.07 Å². The van der Waals surface area contributed by atoms with Crippen LogP contribution in [-0.4, -0.2) is 19.8 Å². The lowest BCUT2D eigenvalue weighted by molar-refractivity contribution is -0.0969. The zero-order valence-corrected chi connectivity index (χ0v) is 22.0. The Morgan fingerprint density at radius 3 is 1.94 bits per heavy atom. The average Bonchev–Trinajstić information content (AvgIpc) is 2.83. The highest BCUT2D eigenvalue weighted by atomic mass is 28.3. The molecule has 1 heterocycles. The van der Waals surface area contributed by atoms with E-state index in [0.717, 1.165) is 0 Å². The summed E-state index contributed by atoms with van der Waals surface area (Å²) in [5, 5.41) is 3.32. The molecule has 1 fully saturated rings. The van der Waals surface area contributed by atoms with Crippen LogP contribution < -0.4 is 10.4 Å². The maximum Gasteiger partial charge on any atom is 0.125 e. The normalized spacial score (nSPS) is 23.4. The molecule has 1 unspecified atom stereocenters. The fourth-order valence-corrected chi connectivity index (χ4v) is 13.1. The minimum absolute atomic E-state index is 0.0579. The molecule has 1 saturated carbocycles. The predicted molar refractivity (Wildman–Crippen MR) is 143 cm³/mol. The number of ether oxygens (including phenoxy) is 1. The van der Waals surface area contributed by atoms with Gasteiger partial charge in [0.2, 0.25) is 0 Å². The van der Waals surface area contributed by atoms with Gasteiger partial charge < -0.3 is 4.74 Å². The molecule has 2 aliphatic carbocycles. The number of benzene rings is 2. The SMILES string of the molecule is CC(C)(C)[Si](CC1CC2=C(CCCC2)C2(CCCCC2)O1)(c1ccccc1)c1ccccc1. The predicted octanol–water partition coefficient (Wildman–Crippen LogP) is 7.41. The van der Waals surface area contributed by atoms with Gasteiger partial charge in [0.1, 0.15) is 8.07 Å². The van der Waals surface area contributed by atoms with Crippen molar-refractivity contribution in [2.75, 3.05) is 0 Å². The molecule has 2 heteroatoms. The Hall–Kier alpha value is -1.64. The lowest BCUT2D eigenvalue weighted by Gasteiger charge is -2.52. The molecule has 2 aromatic rings. The minimum Gasteiger partial charge on any atom is -0.367 e. The first kappa shape index (κ1) is 23.1. The van der Waals surface area contributed by atoms with Crippen LogP contribution in [0.4, 0.5) is 0 Å². The van der Waals surface area contributed by atoms with Crippen LogP contribution in [0.1, 0.15) is 85.0 Å². The average molecular weight is 459 g/mol. The zero-order valence-electron chi connectivity index (χ0n) is 21.0. The van der Waals surface area contributed by atoms with E-state index in [9.17, 15) is 0 Å². The van der Waals surface area contributed by atoms with Crippen LogP contribution in [0.5, 0.6) is 0 Å². The minimum atomic E-state index is -2.12. The van der Waals surface area contributed by atoms with Crippen LogP contribution in [0.25, 0.3) is 0 Å². The van der Waals surface area contributed by atoms with Crippen LogP contribution in [0, 0.1) is 0 Å². The van der Waals surface area contributed by atoms with Crippen molar-refractivity contribution in [3.63, 3.8) is 0 Å². The summed E-state index contributed by atoms with van der Waals surface area (Å²) in [7, 11) is -2.12. The summed E-state index contributed by atoms with van der Waals surface area (Å²) in [4.78, 5) is 0. The molecule has 0 amide bonds. The first-order chi connectivity index (χ1) is 15.9. The van der Waals surface area contributed by atoms with Gasteiger partial charge in [0.25, 0.3) is 0 Å². The molecule has 0 saturated heterocycles. The Morgan fingerprint density at radius 1 is 0.788 bits per heavy atom. The largest absolute Gasteiger partial charge is 0.367 e. The van der Waals surface area contributed by atoms with Gasteiger partial charge in [0.15, 0.2) is 0 Å². The summed E-state index contributed by atoms with van der Waals surface area (Å²) in [6, 6.07) is 24.2. The highest BCUT2D eigenvalue weighted by molar-refractivity contribution is 7.04. The lowest BCUT2D eigenvalue weighted by Crippen LogP contribution is -2.66. The third-order valence-corrected chi connectivity index (χ3v) is 15.3. The summed E-state index contributed by atoms with van der Waals surface area (Å²) in [5.41, 5.74) is 3.59. The van der Waals surface area contributed by atoms with E-state index in [-0.39, 0.29) is 10.6 Å². The maximum absolute atomic E-state index is 7.35. The molecule has 0 radical (unpaired) electrons. The molecule has 3 aliphatic rings. The Bertz CT molecular complexity index is 923. The van der Waals surface area contributed by atoms with Crippen molar-refractivity contribution in [2.24, 2.45) is 0 Å². The molecule has 176 valence electrons. The highest BCUT2D eigenvalue weighted by Crippen LogP contribution is 2.51. The maximum atomic E-state index is 7.35. The molecule has 1 spiro atoms. The summed E-state index contributed by atoms with van der Waals surface area (Å²) < 4.78 is 7.35. The van der Waals surface area contributed by atoms with Crippen molar-refractivity contribution in [1.82, 2.24) is 0 Å². The van der Waals surface area contributed by atoms with Gasteiger partial charge in [-0.15, -0.1) is 0 Å². The summed E-state index contributed by atoms with van der Waals surface area (Å²) in [6.07, 6.45) is 13.4. The van der Waals surface area contributed by atoms with E-state index in [1.54, 1.807) is 21.5 Å². The van der Waals surface area contributed by atoms with Crippen LogP contribution in [-0.2, 0) is 4.74 Å². The number of hydrogen-bond acceptors (Lipinski definition) is 1. The number of hydrogen-bond donors (Lipinski definition) is 0. The topological polar surface area (TPSA) is 9.23 Å². The molecule has 5 rings (SSSR count). The number of fused-ring (bicyclic) bond motifs is 1. The van der Waals surface area contributed by atoms with Crippen LogP contribution in [0.2, 0.25) is 11.1 Å². The van der Waals surface area contributed by atoms with Gasteiger partial charge in [-0.05, 0) is 61.6 Å². The van der Waals surface area contributed by atoms with Gasteiger partial charge in [-0.3, -0.25) is 0 Å². The van der Waals surface area contributed by atoms with Crippen LogP contribution in [0.15, 0.2) is 71.8 Å². The molecule has 1 nitrogen and oxygen atoms in total. The molecular weight excluding hydrogens is 416 g/mol. The summed E-state index contributed by atoms with van der Waals surface area (Å²) >= 11 is 0. The van der Waals surface area contributed by atoms with Crippen molar-refractivity contribution in [3.8, 4) is 0 Å². The molecule has 2 aromatic carbocycles. The quantitative estimate of drug-likeness (QED) is 0.342. The first-order valence-corrected chi connectivity index (χ1v) is 15.7. The van der Waals surface area contributed by atoms with E-state index in [4.69, 9.17) is 4.74 Å². The molecule has 0 bridgehead atoms. The Balaban J connectivity index is 1.60. The fraction of sp³-hybridized carbons (Fsp3) is 0.548. The Morgan fingerprint density at radius 2 is 1.36 bits per heavy atom. The van der Waals surface area contributed by atoms with Crippen molar-refractivity contribution in [2.45, 2.75) is 108 Å². The summed E-state index contributed by atoms with van der Waals surface area (Å²) in [6.45, 7) is 7.47. The molecule has 33 heavy (non-hydrogen) atoms. The third-order valence-electron chi connectivity index (χ3n) is 9.01. The molecule has 0 N–H and O–H groups in total. The Labute approximate surface area is 202 Å². The standard InChI is InChI=1S/C31H42OSi/c1-30(2,3)33(27-16-7-4-8-17-27,28-18-9-5-10-19-28)24-26-23-25-15-11-12-20-29(25)31(32-26)21-13-6-14-22-31/h4-5,7-10,16-19,26H,6,11-15,20-24H2,1-3H3. The lowest BCUT2D eigenvalue weighted by atomic mass is 9.70. The van der Waals surface area contributed by atoms with E-state index >= 15 is 0 Å². The highest BCUT2D eigenvalue weighted by Gasteiger charge is 2.52. The smallest absolute Gasteiger partial charge is 0.125 e. The third kappa shape index (κ3) is 4.19. The van der Waals surface area contributed by atoms with Gasteiger partial charge in [-0.25, -0.2) is 0 Å². The van der Waals surface area contributed by atoms with Gasteiger partial charge in [0, 0.05) is 0 Å². The monoisotopic (exact) mass is 458 g/mol. The van der Waals surface area contributed by atoms with Crippen molar-refractivity contribution in [3.05, 3.63) is 71.8 Å². The second-order valence-electron chi connectivity index (χ2n) is 11.9. The van der Waals surface area contributed by atoms with Gasteiger partial charge in [-0.1, -0.05) is 117 Å². The molecule has 1 atom stereocenters. The molecular formula is C31H42OSi. The molecule has 0 aromatic heterocycles. The summed E-state index contributed by atoms with van der Waals surface area (Å²) in [5.74, 6) is 0. The van der Waals surface area contributed by atoms with E-state index in [2.05, 4.69) is 81.4 Å². The second kappa shape index (κ2) is 9.19.